The Morgan fingerprint density at radius 2 is 1.90 bits per heavy atom. The van der Waals surface area contributed by atoms with Crippen LogP contribution in [0.15, 0.2) is 48.5 Å². The van der Waals surface area contributed by atoms with E-state index >= 15 is 0 Å². The Morgan fingerprint density at radius 1 is 1.17 bits per heavy atom. The van der Waals surface area contributed by atoms with Crippen LogP contribution in [-0.2, 0) is 6.61 Å². The summed E-state index contributed by atoms with van der Waals surface area (Å²) >= 11 is 0. The second-order valence-electron chi connectivity index (χ2n) is 8.21. The lowest BCUT2D eigenvalue weighted by atomic mass is 10.0. The molecule has 3 rings (SSSR count). The lowest BCUT2D eigenvalue weighted by Gasteiger charge is -2.42. The highest BCUT2D eigenvalue weighted by molar-refractivity contribution is 5.94. The molecule has 1 aliphatic rings. The van der Waals surface area contributed by atoms with Crippen molar-refractivity contribution in [2.45, 2.75) is 32.9 Å². The van der Waals surface area contributed by atoms with Gasteiger partial charge in [-0.2, -0.15) is 0 Å². The number of carbonyl (C=O) groups is 1. The van der Waals surface area contributed by atoms with Gasteiger partial charge in [-0.05, 0) is 42.7 Å². The lowest BCUT2D eigenvalue weighted by Crippen LogP contribution is -2.55. The number of carbonyl (C=O) groups excluding carboxylic acids is 1. The van der Waals surface area contributed by atoms with Gasteiger partial charge in [0.15, 0.2) is 0 Å². The molecule has 1 amide bonds. The van der Waals surface area contributed by atoms with Gasteiger partial charge in [-0.25, -0.2) is 4.39 Å². The van der Waals surface area contributed by atoms with Gasteiger partial charge in [0, 0.05) is 50.0 Å². The third kappa shape index (κ3) is 5.80. The van der Waals surface area contributed by atoms with Crippen molar-refractivity contribution >= 4 is 5.91 Å². The molecule has 30 heavy (non-hydrogen) atoms. The number of piperazine rings is 1. The van der Waals surface area contributed by atoms with Gasteiger partial charge in [0.1, 0.15) is 18.2 Å². The van der Waals surface area contributed by atoms with Gasteiger partial charge in [-0.3, -0.25) is 9.69 Å². The van der Waals surface area contributed by atoms with E-state index in [1.54, 1.807) is 42.5 Å². The van der Waals surface area contributed by atoms with Crippen molar-refractivity contribution in [1.82, 2.24) is 9.80 Å². The van der Waals surface area contributed by atoms with Gasteiger partial charge in [0.2, 0.25) is 0 Å². The van der Waals surface area contributed by atoms with Crippen LogP contribution in [0.25, 0.3) is 0 Å². The van der Waals surface area contributed by atoms with Crippen LogP contribution in [0.5, 0.6) is 5.75 Å². The van der Waals surface area contributed by atoms with Gasteiger partial charge >= 0.3 is 0 Å². The second-order valence-corrected chi connectivity index (χ2v) is 8.21. The van der Waals surface area contributed by atoms with Crippen molar-refractivity contribution in [2.75, 3.05) is 32.8 Å². The van der Waals surface area contributed by atoms with E-state index in [-0.39, 0.29) is 31.0 Å². The second kappa shape index (κ2) is 10.5. The summed E-state index contributed by atoms with van der Waals surface area (Å²) in [5.74, 6) is 0.834. The molecule has 1 aliphatic heterocycles. The maximum Gasteiger partial charge on any atom is 0.253 e. The molecule has 1 atom stereocenters. The number of amides is 1. The van der Waals surface area contributed by atoms with Crippen LogP contribution < -0.4 is 4.74 Å². The molecule has 0 aromatic heterocycles. The topological polar surface area (TPSA) is 53.0 Å². The molecule has 0 saturated carbocycles. The molecule has 5 nitrogen and oxygen atoms in total. The number of rotatable bonds is 8. The lowest BCUT2D eigenvalue weighted by molar-refractivity contribution is 0.0384. The first-order valence-corrected chi connectivity index (χ1v) is 10.6. The van der Waals surface area contributed by atoms with E-state index in [9.17, 15) is 14.3 Å². The van der Waals surface area contributed by atoms with E-state index < -0.39 is 0 Å². The summed E-state index contributed by atoms with van der Waals surface area (Å²) in [5, 5.41) is 9.43. The molecule has 0 bridgehead atoms. The van der Waals surface area contributed by atoms with Gasteiger partial charge in [-0.1, -0.05) is 32.0 Å². The smallest absolute Gasteiger partial charge is 0.253 e. The average Bonchev–Trinajstić information content (AvgIpc) is 2.74. The number of aliphatic hydroxyl groups is 1. The van der Waals surface area contributed by atoms with Gasteiger partial charge in [-0.15, -0.1) is 0 Å². The zero-order valence-corrected chi connectivity index (χ0v) is 17.8. The molecule has 1 N–H and O–H groups in total. The highest BCUT2D eigenvalue weighted by atomic mass is 19.1. The molecule has 0 spiro atoms. The first kappa shape index (κ1) is 22.2. The Bertz CT molecular complexity index is 825. The molecule has 1 fully saturated rings. The summed E-state index contributed by atoms with van der Waals surface area (Å²) in [6.07, 6.45) is 0.666. The summed E-state index contributed by atoms with van der Waals surface area (Å²) in [6.45, 7) is 7.72. The number of hydrogen-bond acceptors (Lipinski definition) is 4. The minimum absolute atomic E-state index is 0.0113. The Balaban J connectivity index is 1.59. The summed E-state index contributed by atoms with van der Waals surface area (Å²) in [6, 6.07) is 13.7. The van der Waals surface area contributed by atoms with E-state index in [0.29, 0.717) is 42.3 Å². The van der Waals surface area contributed by atoms with Gasteiger partial charge in [0.25, 0.3) is 5.91 Å². The Labute approximate surface area is 178 Å². The number of halogens is 1. The maximum absolute atomic E-state index is 13.7. The SMILES string of the molecule is CC(C)CN1CCN(C(=O)c2ccc(OCc3ccccc3F)cc2)CC1CCO. The van der Waals surface area contributed by atoms with E-state index in [0.717, 1.165) is 13.1 Å². The summed E-state index contributed by atoms with van der Waals surface area (Å²) < 4.78 is 19.4. The van der Waals surface area contributed by atoms with E-state index in [2.05, 4.69) is 18.7 Å². The normalized spacial score (nSPS) is 17.4. The van der Waals surface area contributed by atoms with Crippen LogP contribution in [0, 0.1) is 11.7 Å². The Kier molecular flexibility index (Phi) is 7.82. The number of benzene rings is 2. The summed E-state index contributed by atoms with van der Waals surface area (Å²) in [4.78, 5) is 17.2. The van der Waals surface area contributed by atoms with Crippen LogP contribution in [0.2, 0.25) is 0 Å². The van der Waals surface area contributed by atoms with Crippen LogP contribution in [0.4, 0.5) is 4.39 Å². The molecule has 1 heterocycles. The molecule has 2 aromatic carbocycles. The van der Waals surface area contributed by atoms with Crippen molar-refractivity contribution in [3.63, 3.8) is 0 Å². The minimum Gasteiger partial charge on any atom is -0.489 e. The molecule has 2 aromatic rings. The van der Waals surface area contributed by atoms with E-state index in [1.807, 2.05) is 4.90 Å². The molecule has 1 unspecified atom stereocenters. The monoisotopic (exact) mass is 414 g/mol. The van der Waals surface area contributed by atoms with Crippen molar-refractivity contribution in [2.24, 2.45) is 5.92 Å². The first-order chi connectivity index (χ1) is 14.5. The number of hydrogen-bond donors (Lipinski definition) is 1. The predicted octanol–water partition coefficient (Wildman–Crippen LogP) is 3.57. The maximum atomic E-state index is 13.7. The highest BCUT2D eigenvalue weighted by Crippen LogP contribution is 2.20. The molecule has 0 aliphatic carbocycles. The zero-order chi connectivity index (χ0) is 21.5. The molecule has 0 radical (unpaired) electrons. The Hall–Kier alpha value is -2.44. The fourth-order valence-corrected chi connectivity index (χ4v) is 3.86. The number of aliphatic hydroxyl groups excluding tert-OH is 1. The largest absolute Gasteiger partial charge is 0.489 e. The van der Waals surface area contributed by atoms with Gasteiger partial charge < -0.3 is 14.7 Å². The third-order valence-electron chi connectivity index (χ3n) is 5.41. The van der Waals surface area contributed by atoms with Crippen molar-refractivity contribution < 1.29 is 19.0 Å². The van der Waals surface area contributed by atoms with Crippen molar-refractivity contribution in [3.05, 3.63) is 65.5 Å². The van der Waals surface area contributed by atoms with Crippen LogP contribution in [0.1, 0.15) is 36.2 Å². The first-order valence-electron chi connectivity index (χ1n) is 10.6. The molecular weight excluding hydrogens is 383 g/mol. The summed E-state index contributed by atoms with van der Waals surface area (Å²) in [5.41, 5.74) is 1.10. The predicted molar refractivity (Wildman–Crippen MR) is 115 cm³/mol. The molecular formula is C24H31FN2O3. The van der Waals surface area contributed by atoms with Crippen molar-refractivity contribution in [3.8, 4) is 5.75 Å². The van der Waals surface area contributed by atoms with Crippen LogP contribution >= 0.6 is 0 Å². The fourth-order valence-electron chi connectivity index (χ4n) is 3.86. The minimum atomic E-state index is -0.293. The summed E-state index contributed by atoms with van der Waals surface area (Å²) in [7, 11) is 0. The van der Waals surface area contributed by atoms with Crippen molar-refractivity contribution in [1.29, 1.82) is 0 Å². The van der Waals surface area contributed by atoms with Gasteiger partial charge in [0.05, 0.1) is 0 Å². The quantitative estimate of drug-likeness (QED) is 0.718. The van der Waals surface area contributed by atoms with E-state index in [4.69, 9.17) is 4.74 Å². The zero-order valence-electron chi connectivity index (χ0n) is 17.8. The number of ether oxygens (including phenoxy) is 1. The van der Waals surface area contributed by atoms with Crippen LogP contribution in [-0.4, -0.2) is 59.6 Å². The fraction of sp³-hybridized carbons (Fsp3) is 0.458. The Morgan fingerprint density at radius 3 is 2.57 bits per heavy atom. The number of nitrogens with zero attached hydrogens (tertiary/aromatic N) is 2. The molecule has 6 heteroatoms. The average molecular weight is 415 g/mol. The van der Waals surface area contributed by atoms with Crippen LogP contribution in [0.3, 0.4) is 0 Å². The third-order valence-corrected chi connectivity index (χ3v) is 5.41. The standard InChI is InChI=1S/C24H31FN2O3/c1-18(2)15-26-12-13-27(16-21(26)11-14-28)24(29)19-7-9-22(10-8-19)30-17-20-5-3-4-6-23(20)25/h3-10,18,21,28H,11-17H2,1-2H3. The van der Waals surface area contributed by atoms with E-state index in [1.165, 1.54) is 6.07 Å². The highest BCUT2D eigenvalue weighted by Gasteiger charge is 2.29. The molecule has 1 saturated heterocycles. The molecule has 162 valence electrons.